The highest BCUT2D eigenvalue weighted by Gasteiger charge is 2.06. The number of halogens is 1. The Balaban J connectivity index is 1.71. The van der Waals surface area contributed by atoms with E-state index in [1.54, 1.807) is 6.20 Å². The topological polar surface area (TPSA) is 49.8 Å². The van der Waals surface area contributed by atoms with Crippen LogP contribution >= 0.6 is 15.9 Å². The number of anilines is 3. The molecule has 2 N–H and O–H groups in total. The maximum Gasteiger partial charge on any atom is 0.229 e. The summed E-state index contributed by atoms with van der Waals surface area (Å²) in [6.45, 7) is 2.11. The Morgan fingerprint density at radius 2 is 1.70 bits per heavy atom. The number of hydrogen-bond donors (Lipinski definition) is 2. The van der Waals surface area contributed by atoms with Crippen LogP contribution in [0.25, 0.3) is 0 Å². The van der Waals surface area contributed by atoms with Gasteiger partial charge < -0.3 is 10.6 Å². The van der Waals surface area contributed by atoms with Gasteiger partial charge in [0, 0.05) is 22.4 Å². The van der Waals surface area contributed by atoms with Crippen molar-refractivity contribution in [2.75, 3.05) is 10.6 Å². The van der Waals surface area contributed by atoms with Gasteiger partial charge in [0.1, 0.15) is 5.82 Å². The van der Waals surface area contributed by atoms with Crippen molar-refractivity contribution in [1.29, 1.82) is 0 Å². The van der Waals surface area contributed by atoms with Crippen LogP contribution in [-0.4, -0.2) is 9.97 Å². The predicted molar refractivity (Wildman–Crippen MR) is 97.9 cm³/mol. The fraction of sp³-hybridized carbons (Fsp3) is 0.111. The average Bonchev–Trinajstić information content (AvgIpc) is 2.58. The first-order chi connectivity index (χ1) is 11.2. The fourth-order valence-electron chi connectivity index (χ4n) is 2.21. The fourth-order valence-corrected chi connectivity index (χ4v) is 2.47. The smallest absolute Gasteiger partial charge is 0.229 e. The first-order valence-electron chi connectivity index (χ1n) is 7.38. The Hall–Kier alpha value is -2.40. The molecule has 0 amide bonds. The number of rotatable bonds is 5. The van der Waals surface area contributed by atoms with E-state index in [-0.39, 0.29) is 6.04 Å². The first-order valence-corrected chi connectivity index (χ1v) is 8.17. The van der Waals surface area contributed by atoms with Crippen LogP contribution in [0.1, 0.15) is 18.5 Å². The maximum atomic E-state index is 4.51. The van der Waals surface area contributed by atoms with Crippen molar-refractivity contribution in [3.05, 3.63) is 76.9 Å². The lowest BCUT2D eigenvalue weighted by atomic mass is 10.1. The molecule has 1 unspecified atom stereocenters. The summed E-state index contributed by atoms with van der Waals surface area (Å²) in [5, 5.41) is 6.60. The molecule has 3 rings (SSSR count). The SMILES string of the molecule is CC(Nc1ccnc(Nc2ccc(Br)cc2)n1)c1ccccc1. The van der Waals surface area contributed by atoms with E-state index in [2.05, 4.69) is 55.6 Å². The van der Waals surface area contributed by atoms with Crippen molar-refractivity contribution < 1.29 is 0 Å². The largest absolute Gasteiger partial charge is 0.363 e. The molecule has 0 spiro atoms. The van der Waals surface area contributed by atoms with E-state index in [1.807, 2.05) is 48.5 Å². The maximum absolute atomic E-state index is 4.51. The summed E-state index contributed by atoms with van der Waals surface area (Å²) in [5.41, 5.74) is 2.16. The highest BCUT2D eigenvalue weighted by Crippen LogP contribution is 2.20. The highest BCUT2D eigenvalue weighted by molar-refractivity contribution is 9.10. The van der Waals surface area contributed by atoms with E-state index in [0.717, 1.165) is 16.0 Å². The van der Waals surface area contributed by atoms with Gasteiger partial charge in [-0.25, -0.2) is 4.98 Å². The monoisotopic (exact) mass is 368 g/mol. The van der Waals surface area contributed by atoms with Crippen LogP contribution in [-0.2, 0) is 0 Å². The van der Waals surface area contributed by atoms with Crippen LogP contribution in [0.2, 0.25) is 0 Å². The van der Waals surface area contributed by atoms with Crippen molar-refractivity contribution in [2.24, 2.45) is 0 Å². The molecule has 4 nitrogen and oxygen atoms in total. The minimum absolute atomic E-state index is 0.173. The van der Waals surface area contributed by atoms with Crippen LogP contribution in [0.3, 0.4) is 0 Å². The summed E-state index contributed by atoms with van der Waals surface area (Å²) in [5.74, 6) is 1.36. The number of nitrogens with zero attached hydrogens (tertiary/aromatic N) is 2. The number of benzene rings is 2. The molecule has 0 fully saturated rings. The molecule has 116 valence electrons. The van der Waals surface area contributed by atoms with Gasteiger partial charge in [-0.3, -0.25) is 0 Å². The van der Waals surface area contributed by atoms with Crippen LogP contribution in [0.4, 0.5) is 17.5 Å². The Morgan fingerprint density at radius 3 is 2.43 bits per heavy atom. The van der Waals surface area contributed by atoms with Gasteiger partial charge in [0.15, 0.2) is 0 Å². The van der Waals surface area contributed by atoms with E-state index in [4.69, 9.17) is 0 Å². The summed E-state index contributed by atoms with van der Waals surface area (Å²) in [6, 6.07) is 20.2. The lowest BCUT2D eigenvalue weighted by Gasteiger charge is -2.15. The summed E-state index contributed by atoms with van der Waals surface area (Å²) in [6.07, 6.45) is 1.74. The Morgan fingerprint density at radius 1 is 0.957 bits per heavy atom. The highest BCUT2D eigenvalue weighted by atomic mass is 79.9. The standard InChI is InChI=1S/C18H17BrN4/c1-13(14-5-3-2-4-6-14)21-17-11-12-20-18(23-17)22-16-9-7-15(19)8-10-16/h2-13H,1H3,(H2,20,21,22,23). The number of nitrogens with one attached hydrogen (secondary N) is 2. The second-order valence-electron chi connectivity index (χ2n) is 5.17. The molecule has 3 aromatic rings. The molecule has 1 atom stereocenters. The third-order valence-corrected chi connectivity index (χ3v) is 3.95. The molecule has 0 saturated carbocycles. The molecule has 1 heterocycles. The molecule has 1 aromatic heterocycles. The van der Waals surface area contributed by atoms with Crippen LogP contribution in [0.15, 0.2) is 71.3 Å². The van der Waals surface area contributed by atoms with Crippen LogP contribution in [0.5, 0.6) is 0 Å². The van der Waals surface area contributed by atoms with Crippen molar-refractivity contribution in [2.45, 2.75) is 13.0 Å². The van der Waals surface area contributed by atoms with E-state index in [0.29, 0.717) is 5.95 Å². The third kappa shape index (κ3) is 4.29. The van der Waals surface area contributed by atoms with Crippen LogP contribution < -0.4 is 10.6 Å². The summed E-state index contributed by atoms with van der Waals surface area (Å²) >= 11 is 3.42. The zero-order chi connectivity index (χ0) is 16.1. The van der Waals surface area contributed by atoms with Crippen molar-refractivity contribution >= 4 is 33.4 Å². The molecular formula is C18H17BrN4. The van der Waals surface area contributed by atoms with Gasteiger partial charge in [0.05, 0.1) is 0 Å². The van der Waals surface area contributed by atoms with E-state index < -0.39 is 0 Å². The summed E-state index contributed by atoms with van der Waals surface area (Å²) in [7, 11) is 0. The summed E-state index contributed by atoms with van der Waals surface area (Å²) < 4.78 is 1.04. The molecule has 0 radical (unpaired) electrons. The number of aromatic nitrogens is 2. The second-order valence-corrected chi connectivity index (χ2v) is 6.09. The molecule has 5 heteroatoms. The van der Waals surface area contributed by atoms with Gasteiger partial charge >= 0.3 is 0 Å². The van der Waals surface area contributed by atoms with Gasteiger partial charge in [0.25, 0.3) is 0 Å². The average molecular weight is 369 g/mol. The van der Waals surface area contributed by atoms with Crippen molar-refractivity contribution in [3.63, 3.8) is 0 Å². The lowest BCUT2D eigenvalue weighted by Crippen LogP contribution is -2.09. The van der Waals surface area contributed by atoms with Crippen molar-refractivity contribution in [3.8, 4) is 0 Å². The molecular weight excluding hydrogens is 352 g/mol. The van der Waals surface area contributed by atoms with Gasteiger partial charge in [-0.2, -0.15) is 4.98 Å². The molecule has 0 aliphatic carbocycles. The third-order valence-electron chi connectivity index (χ3n) is 3.42. The van der Waals surface area contributed by atoms with Gasteiger partial charge in [-0.1, -0.05) is 46.3 Å². The zero-order valence-electron chi connectivity index (χ0n) is 12.7. The van der Waals surface area contributed by atoms with E-state index >= 15 is 0 Å². The van der Waals surface area contributed by atoms with E-state index in [1.165, 1.54) is 5.56 Å². The quantitative estimate of drug-likeness (QED) is 0.653. The molecule has 0 bridgehead atoms. The number of hydrogen-bond acceptors (Lipinski definition) is 4. The Kier molecular flexibility index (Phi) is 4.88. The molecule has 0 saturated heterocycles. The zero-order valence-corrected chi connectivity index (χ0v) is 14.3. The second kappa shape index (κ2) is 7.24. The Labute approximate surface area is 144 Å². The summed E-state index contributed by atoms with van der Waals surface area (Å²) in [4.78, 5) is 8.77. The van der Waals surface area contributed by atoms with Crippen molar-refractivity contribution in [1.82, 2.24) is 9.97 Å². The minimum atomic E-state index is 0.173. The van der Waals surface area contributed by atoms with Crippen LogP contribution in [0, 0.1) is 0 Å². The Bertz CT molecular complexity index is 759. The van der Waals surface area contributed by atoms with Gasteiger partial charge in [-0.05, 0) is 42.8 Å². The lowest BCUT2D eigenvalue weighted by molar-refractivity contribution is 0.873. The first kappa shape index (κ1) is 15.5. The van der Waals surface area contributed by atoms with E-state index in [9.17, 15) is 0 Å². The predicted octanol–water partition coefficient (Wildman–Crippen LogP) is 5.16. The molecule has 0 aliphatic rings. The van der Waals surface area contributed by atoms with Gasteiger partial charge in [-0.15, -0.1) is 0 Å². The molecule has 2 aromatic carbocycles. The van der Waals surface area contributed by atoms with Gasteiger partial charge in [0.2, 0.25) is 5.95 Å². The minimum Gasteiger partial charge on any atom is -0.363 e. The molecule has 23 heavy (non-hydrogen) atoms. The molecule has 0 aliphatic heterocycles. The normalized spacial score (nSPS) is 11.7.